The number of carbonyl (C=O) groups is 1. The molecule has 0 unspecified atom stereocenters. The monoisotopic (exact) mass is 340 g/mol. The molecular formula is C14H11BrF2N2O. The van der Waals surface area contributed by atoms with E-state index in [0.29, 0.717) is 5.69 Å². The normalized spacial score (nSPS) is 10.4. The maximum absolute atomic E-state index is 13.7. The van der Waals surface area contributed by atoms with Gasteiger partial charge in [-0.3, -0.25) is 4.79 Å². The highest BCUT2D eigenvalue weighted by Gasteiger charge is 2.19. The third kappa shape index (κ3) is 2.96. The molecule has 1 amide bonds. The summed E-state index contributed by atoms with van der Waals surface area (Å²) in [5.74, 6) is -2.90. The van der Waals surface area contributed by atoms with Crippen molar-refractivity contribution in [2.75, 3.05) is 11.1 Å². The molecule has 0 saturated carbocycles. The van der Waals surface area contributed by atoms with Crippen LogP contribution >= 0.6 is 15.9 Å². The Morgan fingerprint density at radius 3 is 2.60 bits per heavy atom. The van der Waals surface area contributed by atoms with Crippen LogP contribution in [0.25, 0.3) is 0 Å². The number of amides is 1. The van der Waals surface area contributed by atoms with Crippen molar-refractivity contribution in [1.29, 1.82) is 0 Å². The van der Waals surface area contributed by atoms with Crippen molar-refractivity contribution in [2.45, 2.75) is 6.92 Å². The fourth-order valence-electron chi connectivity index (χ4n) is 1.78. The molecule has 0 heterocycles. The van der Waals surface area contributed by atoms with Crippen molar-refractivity contribution >= 4 is 33.2 Å². The van der Waals surface area contributed by atoms with Crippen LogP contribution in [0.15, 0.2) is 34.8 Å². The van der Waals surface area contributed by atoms with Crippen LogP contribution < -0.4 is 11.1 Å². The van der Waals surface area contributed by atoms with Gasteiger partial charge in [-0.1, -0.05) is 15.9 Å². The second-order valence-electron chi connectivity index (χ2n) is 4.30. The lowest BCUT2D eigenvalue weighted by Gasteiger charge is -2.09. The summed E-state index contributed by atoms with van der Waals surface area (Å²) >= 11 is 3.28. The van der Waals surface area contributed by atoms with Gasteiger partial charge in [0.25, 0.3) is 5.91 Å². The number of anilines is 2. The summed E-state index contributed by atoms with van der Waals surface area (Å²) in [6, 6.07) is 7.19. The number of aryl methyl sites for hydroxylation is 1. The Labute approximate surface area is 122 Å². The third-order valence-electron chi connectivity index (χ3n) is 2.65. The highest BCUT2D eigenvalue weighted by atomic mass is 79.9. The SMILES string of the molecule is Cc1cc(Br)cc(NC(=O)c2c(F)ccc(N)c2F)c1. The van der Waals surface area contributed by atoms with Crippen molar-refractivity contribution in [3.63, 3.8) is 0 Å². The Morgan fingerprint density at radius 2 is 1.95 bits per heavy atom. The van der Waals surface area contributed by atoms with E-state index in [1.54, 1.807) is 12.1 Å². The predicted octanol–water partition coefficient (Wildman–Crippen LogP) is 3.87. The minimum Gasteiger partial charge on any atom is -0.396 e. The molecule has 2 aromatic rings. The van der Waals surface area contributed by atoms with Gasteiger partial charge < -0.3 is 11.1 Å². The molecule has 20 heavy (non-hydrogen) atoms. The van der Waals surface area contributed by atoms with Gasteiger partial charge in [0.1, 0.15) is 11.4 Å². The zero-order valence-electron chi connectivity index (χ0n) is 10.5. The van der Waals surface area contributed by atoms with E-state index in [1.807, 2.05) is 13.0 Å². The fraction of sp³-hybridized carbons (Fsp3) is 0.0714. The lowest BCUT2D eigenvalue weighted by molar-refractivity contribution is 0.101. The van der Waals surface area contributed by atoms with Crippen molar-refractivity contribution in [1.82, 2.24) is 0 Å². The fourth-order valence-corrected chi connectivity index (χ4v) is 2.39. The minimum absolute atomic E-state index is 0.276. The number of hydrogen-bond donors (Lipinski definition) is 2. The van der Waals surface area contributed by atoms with Crippen molar-refractivity contribution in [2.24, 2.45) is 0 Å². The van der Waals surface area contributed by atoms with Gasteiger partial charge in [-0.15, -0.1) is 0 Å². The van der Waals surface area contributed by atoms with Crippen molar-refractivity contribution in [3.05, 3.63) is 57.6 Å². The first-order chi connectivity index (χ1) is 9.38. The molecule has 0 aliphatic rings. The first kappa shape index (κ1) is 14.5. The molecule has 0 fully saturated rings. The maximum atomic E-state index is 13.7. The van der Waals surface area contributed by atoms with Crippen LogP contribution in [-0.4, -0.2) is 5.91 Å². The Bertz CT molecular complexity index is 669. The topological polar surface area (TPSA) is 55.1 Å². The van der Waals surface area contributed by atoms with E-state index in [1.165, 1.54) is 0 Å². The number of nitrogens with one attached hydrogen (secondary N) is 1. The summed E-state index contributed by atoms with van der Waals surface area (Å²) < 4.78 is 28.1. The number of rotatable bonds is 2. The highest BCUT2D eigenvalue weighted by Crippen LogP contribution is 2.22. The van der Waals surface area contributed by atoms with Gasteiger partial charge in [-0.05, 0) is 42.8 Å². The smallest absolute Gasteiger partial charge is 0.261 e. The summed E-state index contributed by atoms with van der Waals surface area (Å²) in [6.45, 7) is 1.84. The van der Waals surface area contributed by atoms with E-state index in [2.05, 4.69) is 21.2 Å². The number of halogens is 3. The van der Waals surface area contributed by atoms with Gasteiger partial charge in [0.2, 0.25) is 0 Å². The van der Waals surface area contributed by atoms with E-state index < -0.39 is 23.1 Å². The first-order valence-corrected chi connectivity index (χ1v) is 6.50. The van der Waals surface area contributed by atoms with Crippen LogP contribution in [0, 0.1) is 18.6 Å². The zero-order valence-corrected chi connectivity index (χ0v) is 12.1. The molecule has 2 rings (SSSR count). The lowest BCUT2D eigenvalue weighted by Crippen LogP contribution is -2.17. The average Bonchev–Trinajstić information content (AvgIpc) is 2.33. The molecule has 3 N–H and O–H groups in total. The number of benzene rings is 2. The molecule has 0 spiro atoms. The predicted molar refractivity (Wildman–Crippen MR) is 77.6 cm³/mol. The second-order valence-corrected chi connectivity index (χ2v) is 5.21. The average molecular weight is 341 g/mol. The molecule has 0 radical (unpaired) electrons. The summed E-state index contributed by atoms with van der Waals surface area (Å²) in [6.07, 6.45) is 0. The molecule has 0 aromatic heterocycles. The van der Waals surface area contributed by atoms with E-state index in [-0.39, 0.29) is 5.69 Å². The highest BCUT2D eigenvalue weighted by molar-refractivity contribution is 9.10. The molecule has 0 bridgehead atoms. The molecule has 104 valence electrons. The molecule has 0 atom stereocenters. The largest absolute Gasteiger partial charge is 0.396 e. The van der Waals surface area contributed by atoms with E-state index in [0.717, 1.165) is 22.2 Å². The molecule has 2 aromatic carbocycles. The molecular weight excluding hydrogens is 330 g/mol. The van der Waals surface area contributed by atoms with Gasteiger partial charge in [0.15, 0.2) is 5.82 Å². The van der Waals surface area contributed by atoms with Crippen molar-refractivity contribution in [3.8, 4) is 0 Å². The Morgan fingerprint density at radius 1 is 1.25 bits per heavy atom. The Balaban J connectivity index is 2.35. The summed E-state index contributed by atoms with van der Waals surface area (Å²) in [5, 5.41) is 2.44. The van der Waals surface area contributed by atoms with Crippen LogP contribution in [0.5, 0.6) is 0 Å². The van der Waals surface area contributed by atoms with Crippen LogP contribution in [0.3, 0.4) is 0 Å². The summed E-state index contributed by atoms with van der Waals surface area (Å²) in [7, 11) is 0. The number of hydrogen-bond acceptors (Lipinski definition) is 2. The van der Waals surface area contributed by atoms with Gasteiger partial charge in [-0.25, -0.2) is 8.78 Å². The van der Waals surface area contributed by atoms with Gasteiger partial charge in [0, 0.05) is 10.2 Å². The van der Waals surface area contributed by atoms with Gasteiger partial charge >= 0.3 is 0 Å². The molecule has 6 heteroatoms. The summed E-state index contributed by atoms with van der Waals surface area (Å²) in [5.41, 5.74) is 5.70. The van der Waals surface area contributed by atoms with E-state index in [4.69, 9.17) is 5.73 Å². The first-order valence-electron chi connectivity index (χ1n) is 5.70. The van der Waals surface area contributed by atoms with Crippen LogP contribution in [0.2, 0.25) is 0 Å². The lowest BCUT2D eigenvalue weighted by atomic mass is 10.1. The maximum Gasteiger partial charge on any atom is 0.261 e. The summed E-state index contributed by atoms with van der Waals surface area (Å²) in [4.78, 5) is 12.0. The number of carbonyl (C=O) groups excluding carboxylic acids is 1. The zero-order chi connectivity index (χ0) is 14.9. The van der Waals surface area contributed by atoms with E-state index >= 15 is 0 Å². The third-order valence-corrected chi connectivity index (χ3v) is 3.11. The standard InChI is InChI=1S/C14H11BrF2N2O/c1-7-4-8(15)6-9(5-7)19-14(20)12-10(16)2-3-11(18)13(12)17/h2-6H,18H2,1H3,(H,19,20). The van der Waals surface area contributed by atoms with Crippen LogP contribution in [0.4, 0.5) is 20.2 Å². The Kier molecular flexibility index (Phi) is 4.04. The van der Waals surface area contributed by atoms with Gasteiger partial charge in [-0.2, -0.15) is 0 Å². The van der Waals surface area contributed by atoms with Crippen molar-refractivity contribution < 1.29 is 13.6 Å². The molecule has 3 nitrogen and oxygen atoms in total. The van der Waals surface area contributed by atoms with Crippen LogP contribution in [-0.2, 0) is 0 Å². The van der Waals surface area contributed by atoms with Gasteiger partial charge in [0.05, 0.1) is 5.69 Å². The van der Waals surface area contributed by atoms with E-state index in [9.17, 15) is 13.6 Å². The minimum atomic E-state index is -1.06. The van der Waals surface area contributed by atoms with Crippen LogP contribution in [0.1, 0.15) is 15.9 Å². The molecule has 0 aliphatic heterocycles. The molecule has 0 aliphatic carbocycles. The molecule has 0 saturated heterocycles. The second kappa shape index (κ2) is 5.58. The Hall–Kier alpha value is -1.95. The number of nitrogen functional groups attached to an aromatic ring is 1. The quantitative estimate of drug-likeness (QED) is 0.815. The number of nitrogens with two attached hydrogens (primary N) is 1.